The maximum absolute atomic E-state index is 11.9. The molecule has 0 unspecified atom stereocenters. The third-order valence-corrected chi connectivity index (χ3v) is 6.39. The Bertz CT molecular complexity index is 880. The van der Waals surface area contributed by atoms with Gasteiger partial charge in [0.2, 0.25) is 0 Å². The number of nitro groups is 1. The summed E-state index contributed by atoms with van der Waals surface area (Å²) in [5, 5.41) is 14.3. The molecule has 0 aliphatic carbocycles. The molecule has 3 rings (SSSR count). The second-order valence-corrected chi connectivity index (χ2v) is 8.18. The molecule has 1 aromatic heterocycles. The number of nitro benzene ring substituents is 1. The molecule has 2 heterocycles. The number of anilines is 1. The van der Waals surface area contributed by atoms with E-state index in [1.807, 2.05) is 6.92 Å². The SMILES string of the molecule is Cc1cc(NC[C@@H]2CCCS2(=O)=O)c2cc([N+](=O)[O-])ccc2n1. The fourth-order valence-electron chi connectivity index (χ4n) is 2.92. The van der Waals surface area contributed by atoms with Crippen LogP contribution in [0.2, 0.25) is 0 Å². The van der Waals surface area contributed by atoms with Crippen molar-refractivity contribution >= 4 is 32.1 Å². The minimum Gasteiger partial charge on any atom is -0.383 e. The summed E-state index contributed by atoms with van der Waals surface area (Å²) >= 11 is 0. The van der Waals surface area contributed by atoms with Crippen LogP contribution in [0.1, 0.15) is 18.5 Å². The van der Waals surface area contributed by atoms with E-state index in [0.29, 0.717) is 36.0 Å². The number of benzene rings is 1. The van der Waals surface area contributed by atoms with Crippen LogP contribution in [0.4, 0.5) is 11.4 Å². The Hall–Kier alpha value is -2.22. The number of pyridine rings is 1. The number of aromatic nitrogens is 1. The molecule has 8 heteroatoms. The zero-order valence-electron chi connectivity index (χ0n) is 12.7. The fourth-order valence-corrected chi connectivity index (χ4v) is 4.68. The van der Waals surface area contributed by atoms with Gasteiger partial charge in [0.1, 0.15) is 0 Å². The molecule has 1 N–H and O–H groups in total. The molecule has 0 radical (unpaired) electrons. The molecule has 1 fully saturated rings. The quantitative estimate of drug-likeness (QED) is 0.680. The van der Waals surface area contributed by atoms with Crippen LogP contribution >= 0.6 is 0 Å². The van der Waals surface area contributed by atoms with Crippen LogP contribution < -0.4 is 5.32 Å². The molecule has 0 bridgehead atoms. The number of hydrogen-bond acceptors (Lipinski definition) is 6. The van der Waals surface area contributed by atoms with Gasteiger partial charge in [-0.15, -0.1) is 0 Å². The first-order valence-electron chi connectivity index (χ1n) is 7.38. The molecule has 1 saturated heterocycles. The van der Waals surface area contributed by atoms with Crippen LogP contribution in [0.5, 0.6) is 0 Å². The zero-order chi connectivity index (χ0) is 16.6. The van der Waals surface area contributed by atoms with Gasteiger partial charge in [-0.2, -0.15) is 0 Å². The van der Waals surface area contributed by atoms with E-state index in [1.165, 1.54) is 12.1 Å². The molecule has 1 atom stereocenters. The molecule has 0 amide bonds. The van der Waals surface area contributed by atoms with Crippen LogP contribution in [-0.2, 0) is 9.84 Å². The van der Waals surface area contributed by atoms with Crippen molar-refractivity contribution in [2.45, 2.75) is 25.0 Å². The summed E-state index contributed by atoms with van der Waals surface area (Å²) in [5.41, 5.74) is 2.08. The average Bonchev–Trinajstić information content (AvgIpc) is 2.82. The minimum absolute atomic E-state index is 0.0142. The van der Waals surface area contributed by atoms with Gasteiger partial charge in [-0.25, -0.2) is 8.42 Å². The van der Waals surface area contributed by atoms with Crippen LogP contribution in [0.15, 0.2) is 24.3 Å². The van der Waals surface area contributed by atoms with Crippen LogP contribution in [-0.4, -0.2) is 35.9 Å². The van der Waals surface area contributed by atoms with Crippen molar-refractivity contribution in [1.29, 1.82) is 0 Å². The number of sulfone groups is 1. The smallest absolute Gasteiger partial charge is 0.270 e. The van der Waals surface area contributed by atoms with E-state index < -0.39 is 20.0 Å². The third-order valence-electron chi connectivity index (χ3n) is 4.11. The Labute approximate surface area is 133 Å². The van der Waals surface area contributed by atoms with Crippen LogP contribution in [0, 0.1) is 17.0 Å². The molecule has 23 heavy (non-hydrogen) atoms. The summed E-state index contributed by atoms with van der Waals surface area (Å²) in [5.74, 6) is 0.237. The molecule has 7 nitrogen and oxygen atoms in total. The zero-order valence-corrected chi connectivity index (χ0v) is 13.5. The Morgan fingerprint density at radius 3 is 2.83 bits per heavy atom. The first kappa shape index (κ1) is 15.7. The van der Waals surface area contributed by atoms with Crippen molar-refractivity contribution in [2.24, 2.45) is 0 Å². The third kappa shape index (κ3) is 3.12. The Kier molecular flexibility index (Phi) is 3.93. The van der Waals surface area contributed by atoms with Gasteiger partial charge in [0.25, 0.3) is 5.69 Å². The maximum atomic E-state index is 11.9. The lowest BCUT2D eigenvalue weighted by Gasteiger charge is -2.14. The second kappa shape index (κ2) is 5.77. The highest BCUT2D eigenvalue weighted by molar-refractivity contribution is 7.92. The fraction of sp³-hybridized carbons (Fsp3) is 0.400. The predicted molar refractivity (Wildman–Crippen MR) is 88.4 cm³/mol. The largest absolute Gasteiger partial charge is 0.383 e. The Morgan fingerprint density at radius 1 is 1.39 bits per heavy atom. The second-order valence-electron chi connectivity index (χ2n) is 5.78. The Balaban J connectivity index is 1.95. The number of hydrogen-bond donors (Lipinski definition) is 1. The molecular formula is C15H17N3O4S. The van der Waals surface area contributed by atoms with Gasteiger partial charge in [0, 0.05) is 35.4 Å². The highest BCUT2D eigenvalue weighted by atomic mass is 32.2. The molecule has 0 spiro atoms. The van der Waals surface area contributed by atoms with E-state index in [1.54, 1.807) is 12.1 Å². The summed E-state index contributed by atoms with van der Waals surface area (Å²) in [4.78, 5) is 14.9. The van der Waals surface area contributed by atoms with E-state index >= 15 is 0 Å². The summed E-state index contributed by atoms with van der Waals surface area (Å²) < 4.78 is 23.8. The van der Waals surface area contributed by atoms with E-state index in [2.05, 4.69) is 10.3 Å². The molecule has 1 aliphatic rings. The first-order valence-corrected chi connectivity index (χ1v) is 9.09. The van der Waals surface area contributed by atoms with Crippen molar-refractivity contribution in [1.82, 2.24) is 4.98 Å². The monoisotopic (exact) mass is 335 g/mol. The highest BCUT2D eigenvalue weighted by Gasteiger charge is 2.31. The van der Waals surface area contributed by atoms with E-state index in [4.69, 9.17) is 0 Å². The standard InChI is InChI=1S/C15H17N3O4S/c1-10-7-15(16-9-12-3-2-6-23(12,21)22)13-8-11(18(19)20)4-5-14(13)17-10/h4-5,7-8,12H,2-3,6,9H2,1H3,(H,16,17)/t12-/m0/s1. The molecule has 2 aromatic rings. The Morgan fingerprint density at radius 2 is 2.17 bits per heavy atom. The summed E-state index contributed by atoms with van der Waals surface area (Å²) in [6.07, 6.45) is 1.34. The van der Waals surface area contributed by atoms with Gasteiger partial charge in [-0.1, -0.05) is 0 Å². The lowest BCUT2D eigenvalue weighted by molar-refractivity contribution is -0.384. The molecule has 1 aliphatic heterocycles. The molecular weight excluding hydrogens is 318 g/mol. The van der Waals surface area contributed by atoms with Crippen molar-refractivity contribution in [3.05, 3.63) is 40.1 Å². The molecule has 1 aromatic carbocycles. The average molecular weight is 335 g/mol. The predicted octanol–water partition coefficient (Wildman–Crippen LogP) is 2.44. The van der Waals surface area contributed by atoms with E-state index in [9.17, 15) is 18.5 Å². The van der Waals surface area contributed by atoms with Gasteiger partial charge >= 0.3 is 0 Å². The number of rotatable bonds is 4. The normalized spacial score (nSPS) is 19.8. The van der Waals surface area contributed by atoms with E-state index in [0.717, 1.165) is 5.69 Å². The van der Waals surface area contributed by atoms with Gasteiger partial charge in [0.15, 0.2) is 9.84 Å². The number of non-ortho nitro benzene ring substituents is 1. The van der Waals surface area contributed by atoms with Crippen molar-refractivity contribution < 1.29 is 13.3 Å². The van der Waals surface area contributed by atoms with Gasteiger partial charge in [0.05, 0.1) is 21.4 Å². The maximum Gasteiger partial charge on any atom is 0.270 e. The van der Waals surface area contributed by atoms with Crippen molar-refractivity contribution in [2.75, 3.05) is 17.6 Å². The minimum atomic E-state index is -3.03. The number of nitrogens with one attached hydrogen (secondary N) is 1. The highest BCUT2D eigenvalue weighted by Crippen LogP contribution is 2.28. The van der Waals surface area contributed by atoms with Gasteiger partial charge in [-0.3, -0.25) is 15.1 Å². The molecule has 122 valence electrons. The van der Waals surface area contributed by atoms with Gasteiger partial charge in [-0.05, 0) is 31.9 Å². The van der Waals surface area contributed by atoms with Crippen molar-refractivity contribution in [3.63, 3.8) is 0 Å². The summed E-state index contributed by atoms with van der Waals surface area (Å²) in [6, 6.07) is 6.28. The number of fused-ring (bicyclic) bond motifs is 1. The topological polar surface area (TPSA) is 102 Å². The van der Waals surface area contributed by atoms with Gasteiger partial charge < -0.3 is 5.32 Å². The summed E-state index contributed by atoms with van der Waals surface area (Å²) in [6.45, 7) is 2.14. The molecule has 0 saturated carbocycles. The lowest BCUT2D eigenvalue weighted by atomic mass is 10.1. The number of aryl methyl sites for hydroxylation is 1. The first-order chi connectivity index (χ1) is 10.9. The van der Waals surface area contributed by atoms with Crippen LogP contribution in [0.3, 0.4) is 0 Å². The van der Waals surface area contributed by atoms with Crippen molar-refractivity contribution in [3.8, 4) is 0 Å². The lowest BCUT2D eigenvalue weighted by Crippen LogP contribution is -2.25. The summed E-state index contributed by atoms with van der Waals surface area (Å²) in [7, 11) is -3.03. The van der Waals surface area contributed by atoms with E-state index in [-0.39, 0.29) is 11.4 Å². The number of nitrogens with zero attached hydrogens (tertiary/aromatic N) is 2. The van der Waals surface area contributed by atoms with Crippen LogP contribution in [0.25, 0.3) is 10.9 Å².